The fourth-order valence-electron chi connectivity index (χ4n) is 5.29. The molecule has 3 nitrogen and oxygen atoms in total. The Morgan fingerprint density at radius 3 is 1.29 bits per heavy atom. The molecule has 0 saturated heterocycles. The molecule has 4 rings (SSSR count). The van der Waals surface area contributed by atoms with E-state index in [1.165, 1.54) is 33.6 Å². The van der Waals surface area contributed by atoms with Crippen LogP contribution >= 0.6 is 18.6 Å². The molecule has 1 aliphatic carbocycles. The Bertz CT molecular complexity index is 1270. The maximum atomic E-state index is 7.22. The van der Waals surface area contributed by atoms with E-state index in [2.05, 4.69) is 125 Å². The van der Waals surface area contributed by atoms with Crippen LogP contribution in [-0.2, 0) is 14.7 Å². The van der Waals surface area contributed by atoms with Crippen molar-refractivity contribution in [2.45, 2.75) is 83.3 Å². The Morgan fingerprint density at radius 1 is 0.632 bits per heavy atom. The average Bonchev–Trinajstić information content (AvgIpc) is 3.53. The van der Waals surface area contributed by atoms with Crippen LogP contribution in [0.3, 0.4) is 0 Å². The number of nitrogens with zero attached hydrogens (tertiary/aromatic N) is 3. The molecule has 0 radical (unpaired) electrons. The van der Waals surface area contributed by atoms with Crippen LogP contribution in [0.15, 0.2) is 76.6 Å². The van der Waals surface area contributed by atoms with Crippen molar-refractivity contribution >= 4 is 18.6 Å². The zero-order valence-electron chi connectivity index (χ0n) is 23.9. The van der Waals surface area contributed by atoms with Gasteiger partial charge in [0.15, 0.2) is 0 Å². The van der Waals surface area contributed by atoms with Crippen molar-refractivity contribution in [1.29, 1.82) is 0 Å². The minimum absolute atomic E-state index is 0.0232. The molecule has 0 atom stereocenters. The summed E-state index contributed by atoms with van der Waals surface area (Å²) < 4.78 is 9.80. The minimum atomic E-state index is -3.74. The summed E-state index contributed by atoms with van der Waals surface area (Å²) in [5.41, 5.74) is 8.34. The van der Waals surface area contributed by atoms with E-state index < -0.39 is 14.7 Å². The normalized spacial score (nSPS) is 14.2. The van der Waals surface area contributed by atoms with Gasteiger partial charge in [-0.3, -0.25) is 0 Å². The van der Waals surface area contributed by atoms with Gasteiger partial charge in [0.25, 0.3) is 0 Å². The summed E-state index contributed by atoms with van der Waals surface area (Å²) in [7, 11) is 14.4. The molecule has 0 spiro atoms. The number of aromatic nitrogens is 2. The van der Waals surface area contributed by atoms with Gasteiger partial charge in [0.2, 0.25) is 0 Å². The average molecular weight is 586 g/mol. The van der Waals surface area contributed by atoms with Crippen LogP contribution in [0.5, 0.6) is 0 Å². The van der Waals surface area contributed by atoms with Crippen molar-refractivity contribution in [1.82, 2.24) is 9.13 Å². The van der Waals surface area contributed by atoms with E-state index in [-0.39, 0.29) is 4.22 Å². The van der Waals surface area contributed by atoms with E-state index in [1.54, 1.807) is 0 Å². The molecule has 0 amide bonds. The van der Waals surface area contributed by atoms with E-state index >= 15 is 0 Å². The summed E-state index contributed by atoms with van der Waals surface area (Å²) in [6, 6.07) is 13.3. The van der Waals surface area contributed by atoms with Crippen molar-refractivity contribution < 1.29 is 14.7 Å². The second-order valence-corrected chi connectivity index (χ2v) is 20.3. The third-order valence-electron chi connectivity index (χ3n) is 7.36. The number of hydrogen-bond acceptors (Lipinski definition) is 1. The first kappa shape index (κ1) is 29.2. The first-order valence-corrected chi connectivity index (χ1v) is 19.7. The van der Waals surface area contributed by atoms with E-state index in [1.807, 2.05) is 12.2 Å². The molecule has 0 bridgehead atoms. The van der Waals surface area contributed by atoms with Gasteiger partial charge in [-0.05, 0) is 0 Å². The Balaban J connectivity index is 2.16. The van der Waals surface area contributed by atoms with Crippen LogP contribution in [0.25, 0.3) is 11.4 Å². The van der Waals surface area contributed by atoms with Gasteiger partial charge in [0.1, 0.15) is 0 Å². The summed E-state index contributed by atoms with van der Waals surface area (Å²) in [6.07, 6.45) is 12.5. The maximum absolute atomic E-state index is 7.22. The van der Waals surface area contributed by atoms with Crippen LogP contribution in [0.2, 0.25) is 4.22 Å². The number of para-hydroxylation sites is 2. The van der Waals surface area contributed by atoms with Crippen molar-refractivity contribution in [3.05, 3.63) is 101 Å². The fourth-order valence-corrected chi connectivity index (χ4v) is 9.17. The summed E-state index contributed by atoms with van der Waals surface area (Å²) in [5, 5.41) is 0. The molecule has 202 valence electrons. The summed E-state index contributed by atoms with van der Waals surface area (Å²) >= 11 is -3.74. The molecule has 1 heterocycles. The second kappa shape index (κ2) is 11.8. The molecule has 0 N–H and O–H groups in total. The predicted octanol–water partition coefficient (Wildman–Crippen LogP) is 9.95. The summed E-state index contributed by atoms with van der Waals surface area (Å²) in [5.74, 6) is 1.39. The number of imidazole rings is 1. The molecule has 0 aliphatic heterocycles. The molecular formula is C32H41Cl2N3Ti. The first-order chi connectivity index (χ1) is 17.9. The molecule has 0 fully saturated rings. The number of allylic oxidation sites excluding steroid dienone is 4. The van der Waals surface area contributed by atoms with Gasteiger partial charge in [0.05, 0.1) is 0 Å². The molecule has 1 aliphatic rings. The quantitative estimate of drug-likeness (QED) is 0.235. The van der Waals surface area contributed by atoms with Gasteiger partial charge in [-0.2, -0.15) is 0 Å². The number of hydrogen-bond donors (Lipinski definition) is 0. The van der Waals surface area contributed by atoms with E-state index in [0.717, 1.165) is 5.62 Å². The zero-order chi connectivity index (χ0) is 27.8. The molecule has 0 saturated carbocycles. The third-order valence-corrected chi connectivity index (χ3v) is 12.8. The molecule has 1 aromatic heterocycles. The number of halogens is 2. The molecule has 0 unspecified atom stereocenters. The molecule has 3 aromatic rings. The Labute approximate surface area is 240 Å². The van der Waals surface area contributed by atoms with E-state index in [0.29, 0.717) is 23.7 Å². The number of rotatable bonds is 8. The van der Waals surface area contributed by atoms with Gasteiger partial charge in [0, 0.05) is 0 Å². The van der Waals surface area contributed by atoms with Crippen molar-refractivity contribution in [3.8, 4) is 11.4 Å². The number of benzene rings is 2. The molecule has 2 aromatic carbocycles. The monoisotopic (exact) mass is 585 g/mol. The van der Waals surface area contributed by atoms with Gasteiger partial charge >= 0.3 is 242 Å². The van der Waals surface area contributed by atoms with Crippen molar-refractivity contribution in [3.63, 3.8) is 0 Å². The Hall–Kier alpha value is -1.78. The van der Waals surface area contributed by atoms with Gasteiger partial charge in [-0.25, -0.2) is 0 Å². The van der Waals surface area contributed by atoms with Crippen LogP contribution in [-0.4, -0.2) is 9.13 Å². The van der Waals surface area contributed by atoms with Crippen LogP contribution in [0.1, 0.15) is 101 Å². The van der Waals surface area contributed by atoms with Crippen LogP contribution in [0, 0.1) is 0 Å². The summed E-state index contributed by atoms with van der Waals surface area (Å²) in [4.78, 5) is 0. The standard InChI is InChI=1S/C27H36N3.C5H5.2ClH.Ti/c1-17(2)21-11-9-12-22(18(3)4)25(21)29-15-16-30(27(29)28)26-23(19(5)6)13-10-14-24(26)20(7)8;1-2-4-5-3-1;;;/h9-20H,1-8H3;1-5H;2*1H;/q-1;;;;+3/p-2. The van der Waals surface area contributed by atoms with E-state index in [9.17, 15) is 0 Å². The fraction of sp³-hybridized carbons (Fsp3) is 0.406. The van der Waals surface area contributed by atoms with Crippen LogP contribution in [0.4, 0.5) is 0 Å². The summed E-state index contributed by atoms with van der Waals surface area (Å²) in [6.45, 7) is 18.0. The second-order valence-electron chi connectivity index (χ2n) is 11.5. The molecular weight excluding hydrogens is 545 g/mol. The SMILES string of the molecule is CC(C)c1cccc(C(C)C)c1-n1ccn(-c2c(C(C)C)cccc2C(C)C)c1=[N][Ti]([Cl])([Cl])[CH]1C=CC=C1. The van der Waals surface area contributed by atoms with Gasteiger partial charge < -0.3 is 0 Å². The Kier molecular flexibility index (Phi) is 9.04. The topological polar surface area (TPSA) is 22.2 Å². The van der Waals surface area contributed by atoms with Gasteiger partial charge in [-0.15, -0.1) is 0 Å². The molecule has 6 heteroatoms. The Morgan fingerprint density at radius 2 is 0.974 bits per heavy atom. The first-order valence-electron chi connectivity index (χ1n) is 13.8. The van der Waals surface area contributed by atoms with Crippen molar-refractivity contribution in [2.24, 2.45) is 3.47 Å². The van der Waals surface area contributed by atoms with Crippen molar-refractivity contribution in [2.75, 3.05) is 0 Å². The van der Waals surface area contributed by atoms with Gasteiger partial charge in [-0.1, -0.05) is 0 Å². The zero-order valence-corrected chi connectivity index (χ0v) is 27.0. The predicted molar refractivity (Wildman–Crippen MR) is 161 cm³/mol. The van der Waals surface area contributed by atoms with E-state index in [4.69, 9.17) is 22.1 Å². The molecule has 38 heavy (non-hydrogen) atoms. The van der Waals surface area contributed by atoms with Crippen LogP contribution < -0.4 is 5.62 Å². The third kappa shape index (κ3) is 5.73.